The second-order valence-electron chi connectivity index (χ2n) is 5.45. The maximum Gasteiger partial charge on any atom is 0.240 e. The highest BCUT2D eigenvalue weighted by Crippen LogP contribution is 2.21. The Morgan fingerprint density at radius 1 is 1.00 bits per heavy atom. The van der Waals surface area contributed by atoms with Gasteiger partial charge in [0.15, 0.2) is 0 Å². The Morgan fingerprint density at radius 2 is 1.70 bits per heavy atom. The highest BCUT2D eigenvalue weighted by molar-refractivity contribution is 7.89. The fourth-order valence-electron chi connectivity index (χ4n) is 2.58. The van der Waals surface area contributed by atoms with E-state index in [1.807, 2.05) is 24.3 Å². The molecule has 1 amide bonds. The van der Waals surface area contributed by atoms with Crippen molar-refractivity contribution in [3.63, 3.8) is 0 Å². The van der Waals surface area contributed by atoms with Crippen LogP contribution < -0.4 is 9.62 Å². The molecule has 1 saturated heterocycles. The largest absolute Gasteiger partial charge is 0.312 e. The number of carbonyl (C=O) groups is 1. The van der Waals surface area contributed by atoms with Crippen molar-refractivity contribution in [2.45, 2.75) is 24.3 Å². The standard InChI is InChI=1S/C17H18N2O3S/c20-17-7-4-12-19(17)15-10-8-14(9-11-15)13-18-23(21,22)16-5-2-1-3-6-16/h1-3,5-6,8-11,18H,4,7,12-13H2. The summed E-state index contributed by atoms with van der Waals surface area (Å²) in [5.41, 5.74) is 1.71. The quantitative estimate of drug-likeness (QED) is 0.915. The summed E-state index contributed by atoms with van der Waals surface area (Å²) < 4.78 is 26.9. The third kappa shape index (κ3) is 3.60. The van der Waals surface area contributed by atoms with Gasteiger partial charge in [-0.1, -0.05) is 30.3 Å². The average Bonchev–Trinajstić information content (AvgIpc) is 3.00. The minimum Gasteiger partial charge on any atom is -0.312 e. The molecule has 0 unspecified atom stereocenters. The lowest BCUT2D eigenvalue weighted by Gasteiger charge is -2.16. The number of sulfonamides is 1. The Bertz CT molecular complexity index is 786. The van der Waals surface area contributed by atoms with E-state index in [1.54, 1.807) is 35.2 Å². The lowest BCUT2D eigenvalue weighted by molar-refractivity contribution is -0.117. The third-order valence-electron chi connectivity index (χ3n) is 3.84. The van der Waals surface area contributed by atoms with E-state index < -0.39 is 10.0 Å². The Morgan fingerprint density at radius 3 is 2.30 bits per heavy atom. The molecule has 0 atom stereocenters. The normalized spacial score (nSPS) is 15.1. The first-order valence-corrected chi connectivity index (χ1v) is 8.99. The number of carbonyl (C=O) groups excluding carboxylic acids is 1. The molecule has 0 aliphatic carbocycles. The van der Waals surface area contributed by atoms with Crippen LogP contribution in [-0.4, -0.2) is 20.9 Å². The highest BCUT2D eigenvalue weighted by Gasteiger charge is 2.21. The zero-order valence-electron chi connectivity index (χ0n) is 12.6. The van der Waals surface area contributed by atoms with Crippen LogP contribution in [-0.2, 0) is 21.4 Å². The van der Waals surface area contributed by atoms with Crippen LogP contribution in [0.4, 0.5) is 5.69 Å². The van der Waals surface area contributed by atoms with Crippen molar-refractivity contribution in [1.82, 2.24) is 4.72 Å². The summed E-state index contributed by atoms with van der Waals surface area (Å²) in [5.74, 6) is 0.141. The Hall–Kier alpha value is -2.18. The van der Waals surface area contributed by atoms with E-state index in [1.165, 1.54) is 0 Å². The van der Waals surface area contributed by atoms with Crippen molar-refractivity contribution in [2.75, 3.05) is 11.4 Å². The maximum absolute atomic E-state index is 12.2. The molecule has 0 saturated carbocycles. The number of hydrogen-bond donors (Lipinski definition) is 1. The first-order chi connectivity index (χ1) is 11.1. The predicted octanol–water partition coefficient (Wildman–Crippen LogP) is 2.29. The number of amides is 1. The zero-order chi connectivity index (χ0) is 16.3. The van der Waals surface area contributed by atoms with Gasteiger partial charge in [-0.2, -0.15) is 0 Å². The molecule has 1 heterocycles. The zero-order valence-corrected chi connectivity index (χ0v) is 13.4. The fourth-order valence-corrected chi connectivity index (χ4v) is 3.62. The molecule has 5 nitrogen and oxygen atoms in total. The van der Waals surface area contributed by atoms with Gasteiger partial charge in [-0.15, -0.1) is 0 Å². The third-order valence-corrected chi connectivity index (χ3v) is 5.26. The van der Waals surface area contributed by atoms with Gasteiger partial charge in [-0.05, 0) is 36.2 Å². The molecule has 1 N–H and O–H groups in total. The molecule has 0 radical (unpaired) electrons. The van der Waals surface area contributed by atoms with E-state index in [9.17, 15) is 13.2 Å². The van der Waals surface area contributed by atoms with Gasteiger partial charge in [0.2, 0.25) is 15.9 Å². The number of nitrogens with one attached hydrogen (secondary N) is 1. The summed E-state index contributed by atoms with van der Waals surface area (Å²) in [4.78, 5) is 13.7. The van der Waals surface area contributed by atoms with Crippen molar-refractivity contribution in [3.05, 3.63) is 60.2 Å². The van der Waals surface area contributed by atoms with Crippen LogP contribution in [0.1, 0.15) is 18.4 Å². The minimum absolute atomic E-state index is 0.141. The number of anilines is 1. The lowest BCUT2D eigenvalue weighted by atomic mass is 10.2. The van der Waals surface area contributed by atoms with Crippen LogP contribution in [0.5, 0.6) is 0 Å². The Balaban J connectivity index is 1.66. The highest BCUT2D eigenvalue weighted by atomic mass is 32.2. The molecule has 0 bridgehead atoms. The van der Waals surface area contributed by atoms with E-state index >= 15 is 0 Å². The molecular weight excluding hydrogens is 312 g/mol. The van der Waals surface area contributed by atoms with E-state index in [0.29, 0.717) is 6.42 Å². The van der Waals surface area contributed by atoms with Gasteiger partial charge >= 0.3 is 0 Å². The molecule has 23 heavy (non-hydrogen) atoms. The Labute approximate surface area is 136 Å². The van der Waals surface area contributed by atoms with E-state index in [4.69, 9.17) is 0 Å². The van der Waals surface area contributed by atoms with E-state index in [0.717, 1.165) is 24.2 Å². The van der Waals surface area contributed by atoms with Gasteiger partial charge < -0.3 is 4.90 Å². The van der Waals surface area contributed by atoms with Gasteiger partial charge in [0, 0.05) is 25.2 Å². The number of nitrogens with zero attached hydrogens (tertiary/aromatic N) is 1. The van der Waals surface area contributed by atoms with Crippen LogP contribution in [0.2, 0.25) is 0 Å². The average molecular weight is 330 g/mol. The summed E-state index contributed by atoms with van der Waals surface area (Å²) in [6.45, 7) is 0.963. The van der Waals surface area contributed by atoms with Gasteiger partial charge in [0.05, 0.1) is 4.90 Å². The smallest absolute Gasteiger partial charge is 0.240 e. The number of benzene rings is 2. The van der Waals surface area contributed by atoms with Gasteiger partial charge in [0.25, 0.3) is 0 Å². The SMILES string of the molecule is O=C1CCCN1c1ccc(CNS(=O)(=O)c2ccccc2)cc1. The molecule has 1 aliphatic rings. The summed E-state index contributed by atoms with van der Waals surface area (Å²) >= 11 is 0. The van der Waals surface area contributed by atoms with Crippen LogP contribution in [0.25, 0.3) is 0 Å². The van der Waals surface area contributed by atoms with Crippen LogP contribution in [0.3, 0.4) is 0 Å². The summed E-state index contributed by atoms with van der Waals surface area (Å²) in [7, 11) is -3.51. The molecule has 1 aliphatic heterocycles. The monoisotopic (exact) mass is 330 g/mol. The lowest BCUT2D eigenvalue weighted by Crippen LogP contribution is -2.24. The van der Waals surface area contributed by atoms with Crippen LogP contribution in [0.15, 0.2) is 59.5 Å². The second kappa shape index (κ2) is 6.52. The van der Waals surface area contributed by atoms with Crippen molar-refractivity contribution < 1.29 is 13.2 Å². The summed E-state index contributed by atoms with van der Waals surface area (Å²) in [6, 6.07) is 15.7. The first-order valence-electron chi connectivity index (χ1n) is 7.50. The van der Waals surface area contributed by atoms with Crippen molar-refractivity contribution in [3.8, 4) is 0 Å². The van der Waals surface area contributed by atoms with Crippen LogP contribution in [0, 0.1) is 0 Å². The minimum atomic E-state index is -3.51. The second-order valence-corrected chi connectivity index (χ2v) is 7.22. The van der Waals surface area contributed by atoms with Crippen molar-refractivity contribution >= 4 is 21.6 Å². The number of hydrogen-bond acceptors (Lipinski definition) is 3. The molecule has 1 fully saturated rings. The number of rotatable bonds is 5. The van der Waals surface area contributed by atoms with Crippen molar-refractivity contribution in [2.24, 2.45) is 0 Å². The molecular formula is C17H18N2O3S. The molecule has 2 aromatic rings. The van der Waals surface area contributed by atoms with Gasteiger partial charge in [-0.25, -0.2) is 13.1 Å². The van der Waals surface area contributed by atoms with E-state index in [-0.39, 0.29) is 17.3 Å². The molecule has 0 spiro atoms. The molecule has 120 valence electrons. The predicted molar refractivity (Wildman–Crippen MR) is 88.5 cm³/mol. The first kappa shape index (κ1) is 15.7. The topological polar surface area (TPSA) is 66.5 Å². The summed E-state index contributed by atoms with van der Waals surface area (Å²) in [5, 5.41) is 0. The molecule has 0 aromatic heterocycles. The molecule has 2 aromatic carbocycles. The van der Waals surface area contributed by atoms with Crippen molar-refractivity contribution in [1.29, 1.82) is 0 Å². The van der Waals surface area contributed by atoms with Crippen LogP contribution >= 0.6 is 0 Å². The van der Waals surface area contributed by atoms with E-state index in [2.05, 4.69) is 4.72 Å². The summed E-state index contributed by atoms with van der Waals surface area (Å²) in [6.07, 6.45) is 1.48. The Kier molecular flexibility index (Phi) is 4.45. The van der Waals surface area contributed by atoms with Gasteiger partial charge in [0.1, 0.15) is 0 Å². The molecule has 6 heteroatoms. The molecule has 3 rings (SSSR count). The maximum atomic E-state index is 12.2. The fraction of sp³-hybridized carbons (Fsp3) is 0.235. The van der Waals surface area contributed by atoms with Gasteiger partial charge in [-0.3, -0.25) is 4.79 Å².